The fourth-order valence-corrected chi connectivity index (χ4v) is 2.85. The molecule has 0 aliphatic carbocycles. The Labute approximate surface area is 110 Å². The van der Waals surface area contributed by atoms with Crippen molar-refractivity contribution in [2.24, 2.45) is 7.05 Å². The van der Waals surface area contributed by atoms with E-state index in [0.717, 1.165) is 18.7 Å². The van der Waals surface area contributed by atoms with Crippen molar-refractivity contribution in [2.75, 3.05) is 13.2 Å². The summed E-state index contributed by atoms with van der Waals surface area (Å²) in [5.41, 5.74) is 3.54. The van der Waals surface area contributed by atoms with Gasteiger partial charge in [0.05, 0.1) is 25.5 Å². The fraction of sp³-hybridized carbons (Fsp3) is 0.462. The van der Waals surface area contributed by atoms with Crippen molar-refractivity contribution in [3.8, 4) is 0 Å². The number of aryl methyl sites for hydroxylation is 1. The average Bonchev–Trinajstić information content (AvgIpc) is 2.97. The van der Waals surface area contributed by atoms with Crippen molar-refractivity contribution in [2.45, 2.75) is 19.1 Å². The van der Waals surface area contributed by atoms with Gasteiger partial charge >= 0.3 is 0 Å². The molecule has 1 aliphatic rings. The molecule has 4 nitrogen and oxygen atoms in total. The monoisotopic (exact) mass is 264 g/mol. The van der Waals surface area contributed by atoms with Gasteiger partial charge in [0, 0.05) is 13.2 Å². The third-order valence-electron chi connectivity index (χ3n) is 3.05. The first-order chi connectivity index (χ1) is 8.83. The highest BCUT2D eigenvalue weighted by atomic mass is 32.1. The van der Waals surface area contributed by atoms with E-state index in [1.54, 1.807) is 11.3 Å². The maximum atomic E-state index is 5.74. The standard InChI is InChI=1S/C13H16N2O2S/c1-15-6-11-2-4-17-12(13(11)14-15)8-16-7-10-3-5-18-9-10/h3,5-6,9,12H,2,4,7-8H2,1H3/t12-/m0/s1. The van der Waals surface area contributed by atoms with E-state index in [-0.39, 0.29) is 6.10 Å². The second kappa shape index (κ2) is 5.22. The van der Waals surface area contributed by atoms with Gasteiger partial charge in [-0.1, -0.05) is 0 Å². The van der Waals surface area contributed by atoms with Gasteiger partial charge in [-0.2, -0.15) is 16.4 Å². The van der Waals surface area contributed by atoms with E-state index in [4.69, 9.17) is 9.47 Å². The van der Waals surface area contributed by atoms with Gasteiger partial charge < -0.3 is 9.47 Å². The number of hydrogen-bond acceptors (Lipinski definition) is 4. The molecule has 18 heavy (non-hydrogen) atoms. The summed E-state index contributed by atoms with van der Waals surface area (Å²) >= 11 is 1.69. The predicted molar refractivity (Wildman–Crippen MR) is 69.6 cm³/mol. The van der Waals surface area contributed by atoms with Crippen LogP contribution in [0.4, 0.5) is 0 Å². The van der Waals surface area contributed by atoms with E-state index in [1.807, 2.05) is 11.7 Å². The molecule has 96 valence electrons. The van der Waals surface area contributed by atoms with Crippen molar-refractivity contribution >= 4 is 11.3 Å². The summed E-state index contributed by atoms with van der Waals surface area (Å²) in [5.74, 6) is 0. The Morgan fingerprint density at radius 1 is 1.61 bits per heavy atom. The van der Waals surface area contributed by atoms with Crippen LogP contribution in [0.25, 0.3) is 0 Å². The minimum absolute atomic E-state index is 0.0198. The van der Waals surface area contributed by atoms with Gasteiger partial charge in [-0.3, -0.25) is 4.68 Å². The van der Waals surface area contributed by atoms with Crippen molar-refractivity contribution in [1.82, 2.24) is 9.78 Å². The molecule has 2 aromatic rings. The maximum absolute atomic E-state index is 5.74. The molecule has 0 saturated carbocycles. The van der Waals surface area contributed by atoms with Crippen LogP contribution in [0.5, 0.6) is 0 Å². The molecule has 0 bridgehead atoms. The van der Waals surface area contributed by atoms with E-state index in [2.05, 4.69) is 28.1 Å². The molecular weight excluding hydrogens is 248 g/mol. The molecule has 0 saturated heterocycles. The van der Waals surface area contributed by atoms with Crippen LogP contribution in [0.3, 0.4) is 0 Å². The third kappa shape index (κ3) is 2.48. The Kier molecular flexibility index (Phi) is 3.45. The van der Waals surface area contributed by atoms with Gasteiger partial charge in [-0.25, -0.2) is 0 Å². The fourth-order valence-electron chi connectivity index (χ4n) is 2.19. The molecule has 3 heterocycles. The molecule has 3 rings (SSSR count). The molecule has 0 spiro atoms. The van der Waals surface area contributed by atoms with E-state index in [1.165, 1.54) is 11.1 Å². The second-order valence-corrected chi connectivity index (χ2v) is 5.25. The molecule has 0 fully saturated rings. The lowest BCUT2D eigenvalue weighted by atomic mass is 10.1. The molecule has 5 heteroatoms. The van der Waals surface area contributed by atoms with Gasteiger partial charge in [-0.05, 0) is 34.4 Å². The van der Waals surface area contributed by atoms with Crippen LogP contribution < -0.4 is 0 Å². The normalized spacial score (nSPS) is 18.8. The number of rotatable bonds is 4. The molecular formula is C13H16N2O2S. The number of nitrogens with zero attached hydrogens (tertiary/aromatic N) is 2. The Morgan fingerprint density at radius 3 is 3.39 bits per heavy atom. The van der Waals surface area contributed by atoms with Crippen LogP contribution in [0.2, 0.25) is 0 Å². The Balaban J connectivity index is 1.60. The van der Waals surface area contributed by atoms with Crippen LogP contribution in [0.15, 0.2) is 23.0 Å². The maximum Gasteiger partial charge on any atom is 0.125 e. The summed E-state index contributed by atoms with van der Waals surface area (Å²) in [6.45, 7) is 1.97. The smallest absolute Gasteiger partial charge is 0.125 e. The topological polar surface area (TPSA) is 36.3 Å². The van der Waals surface area contributed by atoms with Gasteiger partial charge in [0.15, 0.2) is 0 Å². The minimum Gasteiger partial charge on any atom is -0.374 e. The summed E-state index contributed by atoms with van der Waals surface area (Å²) in [5, 5.41) is 8.63. The van der Waals surface area contributed by atoms with Crippen LogP contribution in [-0.4, -0.2) is 23.0 Å². The van der Waals surface area contributed by atoms with Gasteiger partial charge in [-0.15, -0.1) is 0 Å². The lowest BCUT2D eigenvalue weighted by molar-refractivity contribution is -0.0320. The Morgan fingerprint density at radius 2 is 2.56 bits per heavy atom. The lowest BCUT2D eigenvalue weighted by Crippen LogP contribution is -2.20. The highest BCUT2D eigenvalue weighted by molar-refractivity contribution is 7.07. The van der Waals surface area contributed by atoms with Crippen molar-refractivity contribution in [3.05, 3.63) is 39.8 Å². The Bertz CT molecular complexity index is 507. The summed E-state index contributed by atoms with van der Waals surface area (Å²) < 4.78 is 13.3. The number of ether oxygens (including phenoxy) is 2. The molecule has 0 aromatic carbocycles. The summed E-state index contributed by atoms with van der Waals surface area (Å²) in [6, 6.07) is 2.08. The first-order valence-corrected chi connectivity index (χ1v) is 7.00. The zero-order valence-corrected chi connectivity index (χ0v) is 11.2. The van der Waals surface area contributed by atoms with Crippen LogP contribution in [-0.2, 0) is 29.5 Å². The summed E-state index contributed by atoms with van der Waals surface area (Å²) in [7, 11) is 1.95. The summed E-state index contributed by atoms with van der Waals surface area (Å²) in [6.07, 6.45) is 3.00. The van der Waals surface area contributed by atoms with Crippen LogP contribution >= 0.6 is 11.3 Å². The zero-order chi connectivity index (χ0) is 12.4. The highest BCUT2D eigenvalue weighted by Gasteiger charge is 2.24. The first-order valence-electron chi connectivity index (χ1n) is 6.06. The molecule has 2 aromatic heterocycles. The second-order valence-electron chi connectivity index (χ2n) is 4.47. The number of hydrogen-bond donors (Lipinski definition) is 0. The minimum atomic E-state index is -0.0198. The van der Waals surface area contributed by atoms with E-state index in [0.29, 0.717) is 13.2 Å². The molecule has 0 radical (unpaired) electrons. The number of thiophene rings is 1. The van der Waals surface area contributed by atoms with Crippen LogP contribution in [0, 0.1) is 0 Å². The van der Waals surface area contributed by atoms with Crippen LogP contribution in [0.1, 0.15) is 22.9 Å². The molecule has 1 atom stereocenters. The lowest BCUT2D eigenvalue weighted by Gasteiger charge is -2.21. The summed E-state index contributed by atoms with van der Waals surface area (Å²) in [4.78, 5) is 0. The first kappa shape index (κ1) is 11.9. The van der Waals surface area contributed by atoms with E-state index >= 15 is 0 Å². The number of aromatic nitrogens is 2. The van der Waals surface area contributed by atoms with E-state index < -0.39 is 0 Å². The molecule has 1 aliphatic heterocycles. The molecule has 0 unspecified atom stereocenters. The van der Waals surface area contributed by atoms with E-state index in [9.17, 15) is 0 Å². The predicted octanol–water partition coefficient (Wildman–Crippen LogP) is 2.31. The SMILES string of the molecule is Cn1cc2c(n1)[C@H](COCc1ccsc1)OCC2. The molecule has 0 N–H and O–H groups in total. The molecule has 0 amide bonds. The average molecular weight is 264 g/mol. The van der Waals surface area contributed by atoms with Crippen molar-refractivity contribution < 1.29 is 9.47 Å². The third-order valence-corrected chi connectivity index (χ3v) is 3.78. The van der Waals surface area contributed by atoms with Crippen molar-refractivity contribution in [3.63, 3.8) is 0 Å². The van der Waals surface area contributed by atoms with Gasteiger partial charge in [0.1, 0.15) is 6.10 Å². The van der Waals surface area contributed by atoms with Gasteiger partial charge in [0.25, 0.3) is 0 Å². The highest BCUT2D eigenvalue weighted by Crippen LogP contribution is 2.25. The van der Waals surface area contributed by atoms with Gasteiger partial charge in [0.2, 0.25) is 0 Å². The largest absolute Gasteiger partial charge is 0.374 e. The number of fused-ring (bicyclic) bond motifs is 1. The van der Waals surface area contributed by atoms with Crippen molar-refractivity contribution in [1.29, 1.82) is 0 Å². The quantitative estimate of drug-likeness (QED) is 0.850. The Hall–Kier alpha value is -1.17. The zero-order valence-electron chi connectivity index (χ0n) is 10.3.